The Bertz CT molecular complexity index is 402. The Morgan fingerprint density at radius 1 is 1.40 bits per heavy atom. The van der Waals surface area contributed by atoms with Gasteiger partial charge in [-0.25, -0.2) is 0 Å². The van der Waals surface area contributed by atoms with Crippen molar-refractivity contribution in [1.29, 1.82) is 0 Å². The van der Waals surface area contributed by atoms with Crippen molar-refractivity contribution in [2.24, 2.45) is 0 Å². The predicted octanol–water partition coefficient (Wildman–Crippen LogP) is -0.365. The first-order valence-electron chi connectivity index (χ1n) is 7.54. The lowest BCUT2D eigenvalue weighted by atomic mass is 9.97. The molecule has 3 aliphatic rings. The zero-order valence-electron chi connectivity index (χ0n) is 12.0. The van der Waals surface area contributed by atoms with Crippen molar-refractivity contribution < 1.29 is 14.3 Å². The molecule has 3 rings (SSSR count). The number of nitrogens with zero attached hydrogens (tertiary/aromatic N) is 1. The normalized spacial score (nSPS) is 34.0. The first kappa shape index (κ1) is 13.8. The third kappa shape index (κ3) is 2.67. The largest absolute Gasteiger partial charge is 0.377 e. The maximum absolute atomic E-state index is 12.8. The third-order valence-corrected chi connectivity index (χ3v) is 4.46. The van der Waals surface area contributed by atoms with E-state index < -0.39 is 11.6 Å². The minimum atomic E-state index is -0.518. The molecule has 0 aromatic carbocycles. The van der Waals surface area contributed by atoms with Crippen LogP contribution >= 0.6 is 0 Å². The highest BCUT2D eigenvalue weighted by molar-refractivity contribution is 5.92. The van der Waals surface area contributed by atoms with E-state index in [4.69, 9.17) is 4.74 Å². The molecule has 0 bridgehead atoms. The molecule has 2 unspecified atom stereocenters. The fourth-order valence-electron chi connectivity index (χ4n) is 2.98. The molecule has 20 heavy (non-hydrogen) atoms. The van der Waals surface area contributed by atoms with Crippen molar-refractivity contribution in [2.75, 3.05) is 26.3 Å². The molecule has 0 spiro atoms. The van der Waals surface area contributed by atoms with Gasteiger partial charge in [-0.05, 0) is 39.2 Å². The zero-order valence-corrected chi connectivity index (χ0v) is 12.0. The molecular weight excluding hydrogens is 258 g/mol. The minimum Gasteiger partial charge on any atom is -0.377 e. The molecular formula is C14H23N3O3. The van der Waals surface area contributed by atoms with Crippen molar-refractivity contribution in [3.63, 3.8) is 0 Å². The summed E-state index contributed by atoms with van der Waals surface area (Å²) in [5, 5.41) is 6.26. The van der Waals surface area contributed by atoms with Gasteiger partial charge in [0.05, 0.1) is 18.8 Å². The number of amides is 2. The lowest BCUT2D eigenvalue weighted by molar-refractivity contribution is -0.152. The minimum absolute atomic E-state index is 0.0363. The van der Waals surface area contributed by atoms with Crippen LogP contribution in [0.1, 0.15) is 32.6 Å². The fourth-order valence-corrected chi connectivity index (χ4v) is 2.98. The summed E-state index contributed by atoms with van der Waals surface area (Å²) in [6.45, 7) is 4.12. The molecule has 0 radical (unpaired) electrons. The Hall–Kier alpha value is -1.14. The van der Waals surface area contributed by atoms with E-state index in [0.717, 1.165) is 32.2 Å². The van der Waals surface area contributed by atoms with E-state index >= 15 is 0 Å². The maximum atomic E-state index is 12.8. The van der Waals surface area contributed by atoms with Crippen LogP contribution in [-0.2, 0) is 14.3 Å². The molecule has 6 heteroatoms. The van der Waals surface area contributed by atoms with Crippen LogP contribution in [0.4, 0.5) is 0 Å². The maximum Gasteiger partial charge on any atom is 0.245 e. The number of morpholine rings is 1. The van der Waals surface area contributed by atoms with Crippen molar-refractivity contribution in [3.05, 3.63) is 0 Å². The smallest absolute Gasteiger partial charge is 0.245 e. The topological polar surface area (TPSA) is 70.7 Å². The van der Waals surface area contributed by atoms with E-state index in [-0.39, 0.29) is 11.8 Å². The summed E-state index contributed by atoms with van der Waals surface area (Å²) in [6, 6.07) is -0.169. The molecule has 2 N–H and O–H groups in total. The van der Waals surface area contributed by atoms with Crippen LogP contribution in [0.15, 0.2) is 0 Å². The first-order valence-corrected chi connectivity index (χ1v) is 7.54. The van der Waals surface area contributed by atoms with Crippen molar-refractivity contribution in [2.45, 2.75) is 50.2 Å². The second-order valence-corrected chi connectivity index (χ2v) is 6.23. The summed E-state index contributed by atoms with van der Waals surface area (Å²) in [5.74, 6) is -0.0311. The van der Waals surface area contributed by atoms with E-state index in [1.54, 1.807) is 4.90 Å². The Labute approximate surface area is 119 Å². The molecule has 1 aliphatic carbocycles. The second kappa shape index (κ2) is 5.33. The Kier molecular flexibility index (Phi) is 3.69. The molecule has 2 heterocycles. The van der Waals surface area contributed by atoms with Crippen LogP contribution in [0.5, 0.6) is 0 Å². The lowest BCUT2D eigenvalue weighted by Gasteiger charge is -2.39. The van der Waals surface area contributed by atoms with Gasteiger partial charge in [-0.15, -0.1) is 0 Å². The second-order valence-electron chi connectivity index (χ2n) is 6.23. The fraction of sp³-hybridized carbons (Fsp3) is 0.857. The molecule has 2 aliphatic heterocycles. The molecule has 0 aromatic rings. The highest BCUT2D eigenvalue weighted by Gasteiger charge is 2.44. The number of ether oxygens (including phenoxy) is 1. The van der Waals surface area contributed by atoms with E-state index in [2.05, 4.69) is 10.6 Å². The molecule has 2 saturated heterocycles. The number of hydrogen-bond donors (Lipinski definition) is 2. The van der Waals surface area contributed by atoms with Gasteiger partial charge in [-0.3, -0.25) is 9.59 Å². The van der Waals surface area contributed by atoms with Gasteiger partial charge < -0.3 is 20.3 Å². The van der Waals surface area contributed by atoms with Crippen molar-refractivity contribution >= 4 is 11.8 Å². The zero-order chi connectivity index (χ0) is 14.2. The number of carbonyl (C=O) groups is 2. The standard InChI is InChI=1S/C14H23N3O3/c1-14(5-2-6-15-14)13(19)17-7-8-20-9-11(17)12(18)16-10-3-4-10/h10-11,15H,2-9H2,1H3,(H,16,18). The first-order chi connectivity index (χ1) is 9.60. The number of carbonyl (C=O) groups excluding carboxylic acids is 2. The van der Waals surface area contributed by atoms with Crippen LogP contribution in [0.25, 0.3) is 0 Å². The molecule has 1 saturated carbocycles. The molecule has 112 valence electrons. The van der Waals surface area contributed by atoms with Gasteiger partial charge in [0.25, 0.3) is 0 Å². The van der Waals surface area contributed by atoms with E-state index in [9.17, 15) is 9.59 Å². The van der Waals surface area contributed by atoms with Crippen LogP contribution in [0.2, 0.25) is 0 Å². The number of hydrogen-bond acceptors (Lipinski definition) is 4. The van der Waals surface area contributed by atoms with Gasteiger partial charge in [0.15, 0.2) is 0 Å². The van der Waals surface area contributed by atoms with Crippen LogP contribution in [-0.4, -0.2) is 60.6 Å². The monoisotopic (exact) mass is 281 g/mol. The van der Waals surface area contributed by atoms with Gasteiger partial charge >= 0.3 is 0 Å². The summed E-state index contributed by atoms with van der Waals surface area (Å²) < 4.78 is 5.41. The van der Waals surface area contributed by atoms with Crippen molar-refractivity contribution in [3.8, 4) is 0 Å². The molecule has 6 nitrogen and oxygen atoms in total. The van der Waals surface area contributed by atoms with Gasteiger partial charge in [0, 0.05) is 12.6 Å². The molecule has 3 fully saturated rings. The molecule has 2 atom stereocenters. The van der Waals surface area contributed by atoms with Crippen LogP contribution in [0.3, 0.4) is 0 Å². The SMILES string of the molecule is CC1(C(=O)N2CCOCC2C(=O)NC2CC2)CCCN1. The summed E-state index contributed by atoms with van der Waals surface area (Å²) in [6.07, 6.45) is 3.94. The third-order valence-electron chi connectivity index (χ3n) is 4.46. The number of rotatable bonds is 3. The van der Waals surface area contributed by atoms with Gasteiger partial charge in [0.2, 0.25) is 11.8 Å². The quantitative estimate of drug-likeness (QED) is 0.741. The highest BCUT2D eigenvalue weighted by Crippen LogP contribution is 2.24. The van der Waals surface area contributed by atoms with Crippen molar-refractivity contribution in [1.82, 2.24) is 15.5 Å². The Morgan fingerprint density at radius 3 is 2.85 bits per heavy atom. The van der Waals surface area contributed by atoms with E-state index in [1.165, 1.54) is 0 Å². The average Bonchev–Trinajstić information content (AvgIpc) is 3.16. The van der Waals surface area contributed by atoms with Crippen LogP contribution < -0.4 is 10.6 Å². The highest BCUT2D eigenvalue weighted by atomic mass is 16.5. The van der Waals surface area contributed by atoms with E-state index in [0.29, 0.717) is 25.8 Å². The van der Waals surface area contributed by atoms with Gasteiger partial charge in [0.1, 0.15) is 6.04 Å². The summed E-state index contributed by atoms with van der Waals surface area (Å²) in [7, 11) is 0. The molecule has 0 aromatic heterocycles. The Balaban J connectivity index is 1.70. The lowest BCUT2D eigenvalue weighted by Crippen LogP contribution is -2.62. The predicted molar refractivity (Wildman–Crippen MR) is 73.1 cm³/mol. The summed E-state index contributed by atoms with van der Waals surface area (Å²) in [4.78, 5) is 26.8. The summed E-state index contributed by atoms with van der Waals surface area (Å²) in [5.41, 5.74) is -0.518. The van der Waals surface area contributed by atoms with Gasteiger partial charge in [-0.2, -0.15) is 0 Å². The Morgan fingerprint density at radius 2 is 2.20 bits per heavy atom. The summed E-state index contributed by atoms with van der Waals surface area (Å²) >= 11 is 0. The number of nitrogens with one attached hydrogen (secondary N) is 2. The van der Waals surface area contributed by atoms with E-state index in [1.807, 2.05) is 6.92 Å². The molecule has 2 amide bonds. The van der Waals surface area contributed by atoms with Gasteiger partial charge in [-0.1, -0.05) is 0 Å². The van der Waals surface area contributed by atoms with Crippen LogP contribution in [0, 0.1) is 0 Å². The average molecular weight is 281 g/mol.